The first kappa shape index (κ1) is 13.1. The molecular formula is C15H21NO2. The van der Waals surface area contributed by atoms with Gasteiger partial charge in [0.2, 0.25) is 0 Å². The number of Topliss-reactive ketones (excluding diaryl/α,β-unsaturated/α-hetero) is 1. The Hall–Kier alpha value is -1.38. The number of ketones is 1. The smallest absolute Gasteiger partial charge is 0.299 e. The van der Waals surface area contributed by atoms with E-state index in [0.717, 1.165) is 31.4 Å². The highest BCUT2D eigenvalue weighted by Gasteiger charge is 2.40. The highest BCUT2D eigenvalue weighted by atomic mass is 16.2. The van der Waals surface area contributed by atoms with Crippen LogP contribution >= 0.6 is 0 Å². The molecule has 0 radical (unpaired) electrons. The Morgan fingerprint density at radius 1 is 1.33 bits per heavy atom. The van der Waals surface area contributed by atoms with E-state index >= 15 is 0 Å². The van der Waals surface area contributed by atoms with Gasteiger partial charge in [-0.1, -0.05) is 38.3 Å². The molecule has 1 unspecified atom stereocenters. The predicted octanol–water partition coefficient (Wildman–Crippen LogP) is 2.83. The lowest BCUT2D eigenvalue weighted by Crippen LogP contribution is -2.31. The molecule has 0 aromatic heterocycles. The van der Waals surface area contributed by atoms with Crippen LogP contribution in [-0.2, 0) is 9.59 Å². The van der Waals surface area contributed by atoms with Crippen molar-refractivity contribution in [2.75, 3.05) is 6.54 Å². The summed E-state index contributed by atoms with van der Waals surface area (Å²) < 4.78 is 0. The van der Waals surface area contributed by atoms with Crippen molar-refractivity contribution in [3.8, 4) is 0 Å². The van der Waals surface area contributed by atoms with Crippen LogP contribution < -0.4 is 0 Å². The first-order chi connectivity index (χ1) is 8.56. The van der Waals surface area contributed by atoms with Crippen LogP contribution in [0.5, 0.6) is 0 Å². The molecule has 18 heavy (non-hydrogen) atoms. The molecule has 98 valence electrons. The Balaban J connectivity index is 2.25. The lowest BCUT2D eigenvalue weighted by atomic mass is 9.89. The molecule has 0 fully saturated rings. The average molecular weight is 247 g/mol. The summed E-state index contributed by atoms with van der Waals surface area (Å²) in [6.45, 7) is 6.95. The lowest BCUT2D eigenvalue weighted by molar-refractivity contribution is -0.139. The van der Waals surface area contributed by atoms with E-state index < -0.39 is 0 Å². The molecule has 0 saturated heterocycles. The van der Waals surface area contributed by atoms with Gasteiger partial charge in [-0.15, -0.1) is 0 Å². The maximum atomic E-state index is 12.0. The third-order valence-corrected chi connectivity index (χ3v) is 3.72. The van der Waals surface area contributed by atoms with Gasteiger partial charge in [0.25, 0.3) is 11.7 Å². The zero-order chi connectivity index (χ0) is 13.3. The number of carbonyl (C=O) groups excluding carboxylic acids is 2. The number of rotatable bonds is 4. The van der Waals surface area contributed by atoms with Crippen LogP contribution in [0.2, 0.25) is 0 Å². The number of unbranched alkanes of at least 4 members (excludes halogenated alkanes) is 2. The van der Waals surface area contributed by atoms with E-state index in [0.29, 0.717) is 12.1 Å². The summed E-state index contributed by atoms with van der Waals surface area (Å²) in [7, 11) is 0. The first-order valence-electron chi connectivity index (χ1n) is 6.83. The van der Waals surface area contributed by atoms with Crippen LogP contribution in [0.25, 0.3) is 0 Å². The van der Waals surface area contributed by atoms with E-state index in [9.17, 15) is 9.59 Å². The van der Waals surface area contributed by atoms with Gasteiger partial charge in [0, 0.05) is 23.7 Å². The maximum Gasteiger partial charge on any atom is 0.299 e. The second-order valence-electron chi connectivity index (χ2n) is 5.39. The largest absolute Gasteiger partial charge is 0.308 e. The molecule has 0 aromatic carbocycles. The number of allylic oxidation sites excluding steroid dienone is 3. The van der Waals surface area contributed by atoms with Crippen molar-refractivity contribution in [1.82, 2.24) is 4.90 Å². The fourth-order valence-corrected chi connectivity index (χ4v) is 2.91. The molecule has 1 atom stereocenters. The van der Waals surface area contributed by atoms with E-state index in [1.807, 2.05) is 13.0 Å². The molecule has 1 aliphatic carbocycles. The van der Waals surface area contributed by atoms with Crippen LogP contribution in [0.15, 0.2) is 22.9 Å². The molecule has 1 amide bonds. The monoisotopic (exact) mass is 247 g/mol. The van der Waals surface area contributed by atoms with E-state index in [2.05, 4.69) is 13.8 Å². The third kappa shape index (κ3) is 2.14. The van der Waals surface area contributed by atoms with Gasteiger partial charge in [0.15, 0.2) is 0 Å². The third-order valence-electron chi connectivity index (χ3n) is 3.72. The van der Waals surface area contributed by atoms with Gasteiger partial charge in [-0.2, -0.15) is 0 Å². The summed E-state index contributed by atoms with van der Waals surface area (Å²) in [5.41, 5.74) is 2.80. The van der Waals surface area contributed by atoms with Crippen molar-refractivity contribution < 1.29 is 9.59 Å². The fourth-order valence-electron chi connectivity index (χ4n) is 2.91. The van der Waals surface area contributed by atoms with Crippen molar-refractivity contribution in [3.05, 3.63) is 22.9 Å². The van der Waals surface area contributed by atoms with Gasteiger partial charge < -0.3 is 4.90 Å². The molecule has 1 heterocycles. The first-order valence-corrected chi connectivity index (χ1v) is 6.83. The standard InChI is InChI=1S/C15H21NO2/c1-4-5-6-7-16-13-11(3)8-10(2)9-12(13)14(17)15(16)18/h9,11H,4-8H2,1-3H3. The van der Waals surface area contributed by atoms with Gasteiger partial charge in [0.05, 0.1) is 0 Å². The van der Waals surface area contributed by atoms with E-state index in [-0.39, 0.29) is 17.6 Å². The number of hydrogen-bond acceptors (Lipinski definition) is 2. The molecule has 3 heteroatoms. The molecular weight excluding hydrogens is 226 g/mol. The Morgan fingerprint density at radius 2 is 2.06 bits per heavy atom. The van der Waals surface area contributed by atoms with E-state index in [1.54, 1.807) is 4.90 Å². The van der Waals surface area contributed by atoms with Crippen molar-refractivity contribution in [1.29, 1.82) is 0 Å². The summed E-state index contributed by atoms with van der Waals surface area (Å²) in [4.78, 5) is 25.7. The normalized spacial score (nSPS) is 23.6. The van der Waals surface area contributed by atoms with E-state index in [4.69, 9.17) is 0 Å². The number of amides is 1. The minimum absolute atomic E-state index is 0.280. The number of hydrogen-bond donors (Lipinski definition) is 0. The van der Waals surface area contributed by atoms with Crippen LogP contribution in [0.4, 0.5) is 0 Å². The summed E-state index contributed by atoms with van der Waals surface area (Å²) in [6.07, 6.45) is 6.04. The van der Waals surface area contributed by atoms with Crippen molar-refractivity contribution in [2.24, 2.45) is 5.92 Å². The SMILES string of the molecule is CCCCCN1C(=O)C(=O)C2=C1C(C)CC(C)=C2. The predicted molar refractivity (Wildman–Crippen MR) is 70.8 cm³/mol. The van der Waals surface area contributed by atoms with Gasteiger partial charge in [-0.05, 0) is 19.8 Å². The molecule has 2 rings (SSSR count). The minimum Gasteiger partial charge on any atom is -0.308 e. The fraction of sp³-hybridized carbons (Fsp3) is 0.600. The maximum absolute atomic E-state index is 12.0. The molecule has 3 nitrogen and oxygen atoms in total. The van der Waals surface area contributed by atoms with Crippen molar-refractivity contribution in [3.63, 3.8) is 0 Å². The van der Waals surface area contributed by atoms with Crippen LogP contribution in [-0.4, -0.2) is 23.1 Å². The van der Waals surface area contributed by atoms with Crippen LogP contribution in [0.1, 0.15) is 46.5 Å². The molecule has 2 aliphatic rings. The van der Waals surface area contributed by atoms with Crippen LogP contribution in [0, 0.1) is 5.92 Å². The second-order valence-corrected chi connectivity index (χ2v) is 5.39. The Kier molecular flexibility index (Phi) is 3.69. The topological polar surface area (TPSA) is 37.4 Å². The second kappa shape index (κ2) is 5.09. The molecule has 0 saturated carbocycles. The van der Waals surface area contributed by atoms with Gasteiger partial charge >= 0.3 is 0 Å². The highest BCUT2D eigenvalue weighted by molar-refractivity contribution is 6.46. The average Bonchev–Trinajstić information content (AvgIpc) is 2.55. The summed E-state index contributed by atoms with van der Waals surface area (Å²) in [5, 5.41) is 0. The molecule has 0 aromatic rings. The molecule has 0 bridgehead atoms. The van der Waals surface area contributed by atoms with Crippen LogP contribution in [0.3, 0.4) is 0 Å². The van der Waals surface area contributed by atoms with Crippen molar-refractivity contribution in [2.45, 2.75) is 46.5 Å². The van der Waals surface area contributed by atoms with Gasteiger partial charge in [-0.25, -0.2) is 0 Å². The minimum atomic E-state index is -0.325. The molecule has 1 aliphatic heterocycles. The number of carbonyl (C=O) groups is 2. The lowest BCUT2D eigenvalue weighted by Gasteiger charge is -2.27. The summed E-state index contributed by atoms with van der Waals surface area (Å²) >= 11 is 0. The summed E-state index contributed by atoms with van der Waals surface area (Å²) in [5.74, 6) is -0.358. The zero-order valence-corrected chi connectivity index (χ0v) is 11.5. The molecule has 0 N–H and O–H groups in total. The molecule has 0 spiro atoms. The Labute approximate surface area is 109 Å². The summed E-state index contributed by atoms with van der Waals surface area (Å²) in [6, 6.07) is 0. The Morgan fingerprint density at radius 3 is 2.72 bits per heavy atom. The van der Waals surface area contributed by atoms with E-state index in [1.165, 1.54) is 5.57 Å². The zero-order valence-electron chi connectivity index (χ0n) is 11.5. The quantitative estimate of drug-likeness (QED) is 0.566. The van der Waals surface area contributed by atoms with Gasteiger partial charge in [0.1, 0.15) is 0 Å². The Bertz CT molecular complexity index is 445. The number of nitrogens with zero attached hydrogens (tertiary/aromatic N) is 1. The highest BCUT2D eigenvalue weighted by Crippen LogP contribution is 2.36. The van der Waals surface area contributed by atoms with Crippen molar-refractivity contribution >= 4 is 11.7 Å². The van der Waals surface area contributed by atoms with Gasteiger partial charge in [-0.3, -0.25) is 9.59 Å².